The molecule has 2 aliphatic rings. The van der Waals surface area contributed by atoms with E-state index in [1.165, 1.54) is 9.96 Å². The van der Waals surface area contributed by atoms with E-state index in [1.807, 2.05) is 13.8 Å². The number of carbonyl (C=O) groups is 3. The van der Waals surface area contributed by atoms with Crippen molar-refractivity contribution in [3.63, 3.8) is 0 Å². The van der Waals surface area contributed by atoms with Crippen LogP contribution in [0.3, 0.4) is 0 Å². The van der Waals surface area contributed by atoms with E-state index in [-0.39, 0.29) is 32.1 Å². The quantitative estimate of drug-likeness (QED) is 0.304. The molecule has 0 spiro atoms. The van der Waals surface area contributed by atoms with E-state index >= 15 is 0 Å². The number of benzene rings is 2. The lowest BCUT2D eigenvalue weighted by molar-refractivity contribution is -0.155. The summed E-state index contributed by atoms with van der Waals surface area (Å²) in [6, 6.07) is 8.63. The van der Waals surface area contributed by atoms with E-state index in [0.717, 1.165) is 13.1 Å². The Bertz CT molecular complexity index is 1290. The number of hydrogen-bond donors (Lipinski definition) is 1. The van der Waals surface area contributed by atoms with Gasteiger partial charge in [0.1, 0.15) is 5.78 Å². The molecule has 1 N–H and O–H groups in total. The van der Waals surface area contributed by atoms with E-state index in [0.29, 0.717) is 34.1 Å². The van der Waals surface area contributed by atoms with Crippen molar-refractivity contribution in [1.82, 2.24) is 14.9 Å². The van der Waals surface area contributed by atoms with Crippen molar-refractivity contribution in [2.75, 3.05) is 51.8 Å². The number of hydroxylamine groups is 2. The molecule has 2 aliphatic heterocycles. The molecule has 2 aromatic carbocycles. The van der Waals surface area contributed by atoms with Crippen LogP contribution in [0.5, 0.6) is 0 Å². The maximum atomic E-state index is 13.5. The lowest BCUT2D eigenvalue weighted by Crippen LogP contribution is -2.44. The summed E-state index contributed by atoms with van der Waals surface area (Å²) in [4.78, 5) is 49.1. The molecule has 2 aromatic rings. The van der Waals surface area contributed by atoms with Crippen LogP contribution in [0.15, 0.2) is 30.3 Å². The van der Waals surface area contributed by atoms with Gasteiger partial charge in [-0.25, -0.2) is 0 Å². The van der Waals surface area contributed by atoms with Crippen LogP contribution in [0.25, 0.3) is 10.8 Å². The first kappa shape index (κ1) is 29.3. The number of nitrogens with one attached hydrogen (secondary N) is 1. The van der Waals surface area contributed by atoms with Crippen molar-refractivity contribution in [3.8, 4) is 0 Å². The average molecular weight is 561 g/mol. The van der Waals surface area contributed by atoms with Gasteiger partial charge in [-0.15, -0.1) is 0 Å². The van der Waals surface area contributed by atoms with Crippen LogP contribution in [0.1, 0.15) is 54.8 Å². The maximum absolute atomic E-state index is 13.5. The van der Waals surface area contributed by atoms with Crippen molar-refractivity contribution in [2.45, 2.75) is 46.0 Å². The van der Waals surface area contributed by atoms with Gasteiger partial charge in [0.05, 0.1) is 18.8 Å². The van der Waals surface area contributed by atoms with Crippen LogP contribution in [0.4, 0.5) is 5.69 Å². The molecule has 0 aromatic heterocycles. The molecule has 11 nitrogen and oxygen atoms in total. The number of likely N-dealkylation sites (N-methyl/N-ethyl adjacent to an activating group) is 1. The molecule has 0 bridgehead atoms. The van der Waals surface area contributed by atoms with Crippen molar-refractivity contribution < 1.29 is 32.8 Å². The lowest BCUT2D eigenvalue weighted by atomic mass is 9.93. The Kier molecular flexibility index (Phi) is 9.21. The Morgan fingerprint density at radius 3 is 2.38 bits per heavy atom. The number of imide groups is 1. The monoisotopic (exact) mass is 560 g/mol. The molecule has 2 atom stereocenters. The minimum Gasteiger partial charge on any atom is -0.324 e. The predicted molar refractivity (Wildman–Crippen MR) is 148 cm³/mol. The van der Waals surface area contributed by atoms with Crippen LogP contribution in [0, 0.1) is 0 Å². The summed E-state index contributed by atoms with van der Waals surface area (Å²) in [5.74, 6) is -1.90. The smallest absolute Gasteiger partial charge is 0.324 e. The average Bonchev–Trinajstić information content (AvgIpc) is 3.32. The predicted octanol–water partition coefficient (Wildman–Crippen LogP) is 3.94. The van der Waals surface area contributed by atoms with E-state index in [1.54, 1.807) is 51.2 Å². The fourth-order valence-corrected chi connectivity index (χ4v) is 7.18. The normalized spacial score (nSPS) is 19.9. The summed E-state index contributed by atoms with van der Waals surface area (Å²) in [5.41, 5.74) is 1.22. The summed E-state index contributed by atoms with van der Waals surface area (Å²) in [5, 5.41) is 5.45. The van der Waals surface area contributed by atoms with Gasteiger partial charge in [0.25, 0.3) is 17.7 Å². The van der Waals surface area contributed by atoms with E-state index in [2.05, 4.69) is 10.2 Å². The second-order valence-corrected chi connectivity index (χ2v) is 11.6. The highest BCUT2D eigenvalue weighted by molar-refractivity contribution is 7.54. The SMILES string of the molecule is CCOP(=O)(OCC)[C@@H]1C[C@H](C(=O)Nc2cc3c4c(cccc4c2)C(=O)N(CCN(CC)CC)C3=O)ON1C. The van der Waals surface area contributed by atoms with E-state index < -0.39 is 31.3 Å². The maximum Gasteiger partial charge on any atom is 0.350 e. The highest BCUT2D eigenvalue weighted by Crippen LogP contribution is 2.57. The van der Waals surface area contributed by atoms with Crippen LogP contribution in [-0.2, 0) is 23.2 Å². The number of hydrogen-bond acceptors (Lipinski definition) is 9. The van der Waals surface area contributed by atoms with Gasteiger partial charge in [0, 0.05) is 43.2 Å². The molecule has 1 fully saturated rings. The molecule has 212 valence electrons. The fraction of sp³-hybridized carbons (Fsp3) is 0.519. The first-order chi connectivity index (χ1) is 18.7. The van der Waals surface area contributed by atoms with Gasteiger partial charge < -0.3 is 19.3 Å². The van der Waals surface area contributed by atoms with Gasteiger partial charge in [-0.05, 0) is 50.5 Å². The van der Waals surface area contributed by atoms with Gasteiger partial charge in [-0.2, -0.15) is 5.06 Å². The number of carbonyl (C=O) groups excluding carboxylic acids is 3. The minimum atomic E-state index is -3.53. The third-order valence-corrected chi connectivity index (χ3v) is 9.65. The Hall–Kier alpha value is -2.66. The number of amides is 3. The summed E-state index contributed by atoms with van der Waals surface area (Å²) in [7, 11) is -1.94. The van der Waals surface area contributed by atoms with Crippen molar-refractivity contribution in [3.05, 3.63) is 41.5 Å². The van der Waals surface area contributed by atoms with Crippen molar-refractivity contribution in [1.29, 1.82) is 0 Å². The third kappa shape index (κ3) is 5.79. The zero-order valence-electron chi connectivity index (χ0n) is 23.1. The standard InChI is InChI=1S/C27H37N4O7P/c1-6-30(7-2)13-14-31-26(33)20-12-10-11-18-15-19(16-21(24(18)20)27(31)34)28-25(32)22-17-23(29(5)38-22)39(35,36-8-3)37-9-4/h10-12,15-16,22-23H,6-9,13-14,17H2,1-5H3,(H,28,32)/t22-,23-/m1/s1. The number of anilines is 1. The van der Waals surface area contributed by atoms with Gasteiger partial charge in [-0.1, -0.05) is 26.0 Å². The van der Waals surface area contributed by atoms with Crippen molar-refractivity contribution >= 4 is 41.8 Å². The molecule has 0 radical (unpaired) electrons. The largest absolute Gasteiger partial charge is 0.350 e. The Labute approximate surface area is 228 Å². The first-order valence-electron chi connectivity index (χ1n) is 13.4. The summed E-state index contributed by atoms with van der Waals surface area (Å²) in [6.07, 6.45) is -0.827. The second kappa shape index (κ2) is 12.2. The number of rotatable bonds is 12. The van der Waals surface area contributed by atoms with Crippen LogP contribution in [0.2, 0.25) is 0 Å². The molecule has 39 heavy (non-hydrogen) atoms. The van der Waals surface area contributed by atoms with Crippen LogP contribution >= 0.6 is 7.60 Å². The van der Waals surface area contributed by atoms with E-state index in [4.69, 9.17) is 13.9 Å². The zero-order chi connectivity index (χ0) is 28.3. The molecular weight excluding hydrogens is 523 g/mol. The van der Waals surface area contributed by atoms with Gasteiger partial charge in [0.2, 0.25) is 0 Å². The second-order valence-electron chi connectivity index (χ2n) is 9.44. The molecule has 0 aliphatic carbocycles. The molecule has 12 heteroatoms. The molecule has 4 rings (SSSR count). The van der Waals surface area contributed by atoms with Crippen LogP contribution < -0.4 is 5.32 Å². The van der Waals surface area contributed by atoms with Gasteiger partial charge in [-0.3, -0.25) is 28.7 Å². The minimum absolute atomic E-state index is 0.108. The van der Waals surface area contributed by atoms with E-state index in [9.17, 15) is 18.9 Å². The Morgan fingerprint density at radius 2 is 1.74 bits per heavy atom. The summed E-state index contributed by atoms with van der Waals surface area (Å²) in [6.45, 7) is 10.4. The Balaban J connectivity index is 1.57. The summed E-state index contributed by atoms with van der Waals surface area (Å²) < 4.78 is 24.2. The highest BCUT2D eigenvalue weighted by Gasteiger charge is 2.48. The number of nitrogens with zero attached hydrogens (tertiary/aromatic N) is 3. The third-order valence-electron chi connectivity index (χ3n) is 7.14. The molecular formula is C27H37N4O7P. The fourth-order valence-electron chi connectivity index (χ4n) is 5.14. The topological polar surface area (TPSA) is 118 Å². The van der Waals surface area contributed by atoms with Crippen LogP contribution in [-0.4, -0.2) is 90.9 Å². The molecule has 0 saturated carbocycles. The molecule has 1 saturated heterocycles. The van der Waals surface area contributed by atoms with Gasteiger partial charge in [0.15, 0.2) is 6.10 Å². The molecule has 2 heterocycles. The summed E-state index contributed by atoms with van der Waals surface area (Å²) >= 11 is 0. The molecule has 0 unspecified atom stereocenters. The highest BCUT2D eigenvalue weighted by atomic mass is 31.2. The zero-order valence-corrected chi connectivity index (χ0v) is 24.0. The van der Waals surface area contributed by atoms with Gasteiger partial charge >= 0.3 is 7.60 Å². The van der Waals surface area contributed by atoms with Crippen molar-refractivity contribution in [2.24, 2.45) is 0 Å². The Morgan fingerprint density at radius 1 is 1.08 bits per heavy atom. The molecule has 3 amide bonds. The first-order valence-corrected chi connectivity index (χ1v) is 15.0. The lowest BCUT2D eigenvalue weighted by Gasteiger charge is -2.29.